The molecule has 0 atom stereocenters. The molecule has 4 aliphatic carbocycles. The molecule has 0 heterocycles. The van der Waals surface area contributed by atoms with Gasteiger partial charge in [-0.2, -0.15) is 19.3 Å². The van der Waals surface area contributed by atoms with Gasteiger partial charge in [0.2, 0.25) is 0 Å². The minimum absolute atomic E-state index is 0. The number of halogens is 1. The van der Waals surface area contributed by atoms with Crippen molar-refractivity contribution in [2.45, 2.75) is 51.4 Å². The van der Waals surface area contributed by atoms with Crippen LogP contribution in [0.15, 0.2) is 0 Å². The smallest absolute Gasteiger partial charge is 1.00 e. The van der Waals surface area contributed by atoms with Crippen LogP contribution in [0.1, 0.15) is 51.4 Å². The second kappa shape index (κ2) is 4.28. The minimum atomic E-state index is 0. The Labute approximate surface area is 104 Å². The van der Waals surface area contributed by atoms with Crippen molar-refractivity contribution in [1.29, 1.82) is 0 Å². The van der Waals surface area contributed by atoms with Crippen LogP contribution in [-0.4, -0.2) is 23.1 Å². The maximum atomic E-state index is 1.88. The summed E-state index contributed by atoms with van der Waals surface area (Å²) in [4.78, 5) is 0. The largest absolute Gasteiger partial charge is 2.00 e. The summed E-state index contributed by atoms with van der Waals surface area (Å²) in [5.41, 5.74) is 0.899. The van der Waals surface area contributed by atoms with Crippen LogP contribution >= 0.6 is 0 Å². The predicted molar refractivity (Wildman–Crippen MR) is 51.9 cm³/mol. The molecule has 4 aliphatic rings. The Morgan fingerprint density at radius 3 is 1.85 bits per heavy atom. The van der Waals surface area contributed by atoms with Crippen LogP contribution in [-0.2, 0) is 0 Å². The Morgan fingerprint density at radius 1 is 0.923 bits per heavy atom. The van der Waals surface area contributed by atoms with Crippen LogP contribution in [0.2, 0.25) is 0 Å². The number of rotatable bonds is 1. The molecule has 13 heavy (non-hydrogen) atoms. The van der Waals surface area contributed by atoms with Crippen molar-refractivity contribution in [2.24, 2.45) is 11.3 Å². The van der Waals surface area contributed by atoms with Crippen molar-refractivity contribution in [3.8, 4) is 0 Å². The molecule has 70 valence electrons. The zero-order valence-electron chi connectivity index (χ0n) is 8.32. The van der Waals surface area contributed by atoms with Crippen molar-refractivity contribution in [1.82, 2.24) is 0 Å². The van der Waals surface area contributed by atoms with Gasteiger partial charge in [0.05, 0.1) is 0 Å². The van der Waals surface area contributed by atoms with Crippen molar-refractivity contribution >= 4 is 23.1 Å². The molecule has 0 aromatic heterocycles. The average molecular weight is 209 g/mol. The summed E-state index contributed by atoms with van der Waals surface area (Å²) < 4.78 is 0. The van der Waals surface area contributed by atoms with Crippen LogP contribution < -0.4 is 12.4 Å². The van der Waals surface area contributed by atoms with E-state index >= 15 is 0 Å². The molecule has 2 bridgehead atoms. The third-order valence-corrected chi connectivity index (χ3v) is 4.28. The Bertz CT molecular complexity index is 158. The van der Waals surface area contributed by atoms with Gasteiger partial charge in [-0.1, -0.05) is 32.1 Å². The normalized spacial score (nSPS) is 30.5. The monoisotopic (exact) mass is 208 g/mol. The van der Waals surface area contributed by atoms with Gasteiger partial charge in [0.25, 0.3) is 0 Å². The molecule has 0 aromatic rings. The van der Waals surface area contributed by atoms with Crippen LogP contribution in [0.5, 0.6) is 0 Å². The van der Waals surface area contributed by atoms with E-state index in [2.05, 4.69) is 0 Å². The van der Waals surface area contributed by atoms with E-state index in [9.17, 15) is 0 Å². The maximum Gasteiger partial charge on any atom is 2.00 e. The predicted octanol–water partition coefficient (Wildman–Crippen LogP) is -0.0517. The summed E-state index contributed by atoms with van der Waals surface area (Å²) in [6.45, 7) is 0. The van der Waals surface area contributed by atoms with Gasteiger partial charge in [-0.3, -0.25) is 0 Å². The third-order valence-electron chi connectivity index (χ3n) is 4.28. The molecule has 0 radical (unpaired) electrons. The second-order valence-corrected chi connectivity index (χ2v) is 4.98. The SMILES string of the molecule is C1CCC(C23C[C-](C2)C3)CC1.[Cl-].[Mg+2]. The summed E-state index contributed by atoms with van der Waals surface area (Å²) >= 11 is 0. The topological polar surface area (TPSA) is 0 Å². The fourth-order valence-electron chi connectivity index (χ4n) is 3.49. The molecule has 4 rings (SSSR count). The molecule has 0 unspecified atom stereocenters. The molecule has 0 aromatic carbocycles. The number of hydrogen-bond acceptors (Lipinski definition) is 0. The van der Waals surface area contributed by atoms with Crippen LogP contribution in [0.25, 0.3) is 0 Å². The second-order valence-electron chi connectivity index (χ2n) is 4.98. The minimum Gasteiger partial charge on any atom is -1.00 e. The zero-order valence-corrected chi connectivity index (χ0v) is 10.5. The quantitative estimate of drug-likeness (QED) is 0.419. The van der Waals surface area contributed by atoms with E-state index in [-0.39, 0.29) is 35.5 Å². The standard InChI is InChI=1S/C11H17.ClH.Mg/c1-2-4-10(5-3-1)11-6-9(7-11)8-11;;/h10H,1-8H2;1H;/q-1;;+2/p-1. The van der Waals surface area contributed by atoms with Crippen molar-refractivity contribution in [2.75, 3.05) is 0 Å². The van der Waals surface area contributed by atoms with Gasteiger partial charge >= 0.3 is 23.1 Å². The Hall–Kier alpha value is 1.06. The van der Waals surface area contributed by atoms with Gasteiger partial charge in [0.1, 0.15) is 0 Å². The molecular formula is C11H17ClMg. The van der Waals surface area contributed by atoms with Crippen LogP contribution in [0, 0.1) is 17.3 Å². The number of hydrogen-bond donors (Lipinski definition) is 0. The molecule has 0 amide bonds. The van der Waals surface area contributed by atoms with Crippen molar-refractivity contribution < 1.29 is 12.4 Å². The first-order chi connectivity index (χ1) is 5.39. The fraction of sp³-hybridized carbons (Fsp3) is 0.909. The first kappa shape index (κ1) is 12.1. The summed E-state index contributed by atoms with van der Waals surface area (Å²) in [7, 11) is 0. The molecule has 0 nitrogen and oxygen atoms in total. The van der Waals surface area contributed by atoms with Gasteiger partial charge in [-0.25, -0.2) is 0 Å². The Morgan fingerprint density at radius 2 is 1.46 bits per heavy atom. The first-order valence-electron chi connectivity index (χ1n) is 5.23. The molecule has 2 heteroatoms. The average Bonchev–Trinajstić information content (AvgIpc) is 1.83. The molecule has 0 spiro atoms. The maximum absolute atomic E-state index is 1.88. The van der Waals surface area contributed by atoms with E-state index in [0.29, 0.717) is 0 Å². The first-order valence-corrected chi connectivity index (χ1v) is 5.23. The van der Waals surface area contributed by atoms with Gasteiger partial charge < -0.3 is 18.3 Å². The van der Waals surface area contributed by atoms with Crippen LogP contribution in [0.3, 0.4) is 0 Å². The molecule has 0 N–H and O–H groups in total. The van der Waals surface area contributed by atoms with Gasteiger partial charge in [0, 0.05) is 0 Å². The summed E-state index contributed by atoms with van der Waals surface area (Å²) in [5, 5.41) is 0. The van der Waals surface area contributed by atoms with Crippen LogP contribution in [0.4, 0.5) is 0 Å². The Kier molecular flexibility index (Phi) is 3.99. The van der Waals surface area contributed by atoms with Crippen molar-refractivity contribution in [3.05, 3.63) is 5.92 Å². The van der Waals surface area contributed by atoms with Gasteiger partial charge in [-0.05, 0) is 5.92 Å². The van der Waals surface area contributed by atoms with E-state index in [4.69, 9.17) is 0 Å². The molecule has 4 fully saturated rings. The summed E-state index contributed by atoms with van der Waals surface area (Å²) in [6.07, 6.45) is 12.3. The van der Waals surface area contributed by atoms with E-state index < -0.39 is 0 Å². The van der Waals surface area contributed by atoms with Gasteiger partial charge in [0.15, 0.2) is 0 Å². The summed E-state index contributed by atoms with van der Waals surface area (Å²) in [5.74, 6) is 3.03. The van der Waals surface area contributed by atoms with E-state index in [1.54, 1.807) is 12.8 Å². The summed E-state index contributed by atoms with van der Waals surface area (Å²) in [6, 6.07) is 0. The zero-order chi connectivity index (χ0) is 7.31. The van der Waals surface area contributed by atoms with Gasteiger partial charge in [-0.15, -0.1) is 5.41 Å². The molecule has 0 aliphatic heterocycles. The van der Waals surface area contributed by atoms with Crippen molar-refractivity contribution in [3.63, 3.8) is 0 Å². The third kappa shape index (κ3) is 1.77. The fourth-order valence-corrected chi connectivity index (χ4v) is 3.49. The van der Waals surface area contributed by atoms with E-state index in [1.165, 1.54) is 38.5 Å². The van der Waals surface area contributed by atoms with E-state index in [0.717, 1.165) is 11.3 Å². The Balaban J connectivity index is 0.000000422. The molecule has 4 saturated carbocycles. The van der Waals surface area contributed by atoms with E-state index in [1.807, 2.05) is 5.92 Å². The molecule has 0 saturated heterocycles. The molecular weight excluding hydrogens is 192 g/mol.